The van der Waals surface area contributed by atoms with Crippen LogP contribution in [0.25, 0.3) is 0 Å². The molecule has 0 aliphatic rings. The molecule has 7 heteroatoms. The average molecular weight is 232 g/mol. The average Bonchev–Trinajstić information content (AvgIpc) is 2.82. The number of hydrogen-bond donors (Lipinski definition) is 2. The summed E-state index contributed by atoms with van der Waals surface area (Å²) in [4.78, 5) is 15.8. The van der Waals surface area contributed by atoms with Gasteiger partial charge in [0.15, 0.2) is 0 Å². The SMILES string of the molecule is CC(C)c1ccnc(C(=O)Nc2nnn[nH]2)c1. The highest BCUT2D eigenvalue weighted by Gasteiger charge is 2.11. The molecule has 0 unspecified atom stereocenters. The third-order valence-electron chi connectivity index (χ3n) is 2.26. The maximum absolute atomic E-state index is 11.8. The lowest BCUT2D eigenvalue weighted by molar-refractivity contribution is 0.102. The molecule has 0 aliphatic carbocycles. The molecular weight excluding hydrogens is 220 g/mol. The molecule has 0 spiro atoms. The molecule has 0 saturated carbocycles. The topological polar surface area (TPSA) is 96.5 Å². The number of rotatable bonds is 3. The maximum atomic E-state index is 11.8. The molecule has 0 fully saturated rings. The zero-order valence-electron chi connectivity index (χ0n) is 9.51. The summed E-state index contributed by atoms with van der Waals surface area (Å²) < 4.78 is 0. The lowest BCUT2D eigenvalue weighted by atomic mass is 10.0. The Bertz CT molecular complexity index is 507. The van der Waals surface area contributed by atoms with Crippen LogP contribution in [0.5, 0.6) is 0 Å². The number of amides is 1. The minimum Gasteiger partial charge on any atom is -0.288 e. The highest BCUT2D eigenvalue weighted by atomic mass is 16.2. The van der Waals surface area contributed by atoms with Crippen molar-refractivity contribution < 1.29 is 4.79 Å². The van der Waals surface area contributed by atoms with Crippen molar-refractivity contribution >= 4 is 11.9 Å². The summed E-state index contributed by atoms with van der Waals surface area (Å²) in [6.45, 7) is 4.11. The van der Waals surface area contributed by atoms with E-state index in [1.807, 2.05) is 6.07 Å². The second kappa shape index (κ2) is 4.69. The van der Waals surface area contributed by atoms with Gasteiger partial charge in [0, 0.05) is 6.20 Å². The van der Waals surface area contributed by atoms with Gasteiger partial charge in [0.25, 0.3) is 5.91 Å². The number of pyridine rings is 1. The summed E-state index contributed by atoms with van der Waals surface area (Å²) in [6.07, 6.45) is 1.61. The molecule has 0 saturated heterocycles. The number of carbonyl (C=O) groups is 1. The fraction of sp³-hybridized carbons (Fsp3) is 0.300. The molecule has 88 valence electrons. The van der Waals surface area contributed by atoms with E-state index in [9.17, 15) is 4.79 Å². The van der Waals surface area contributed by atoms with E-state index in [-0.39, 0.29) is 11.9 Å². The maximum Gasteiger partial charge on any atom is 0.276 e. The highest BCUT2D eigenvalue weighted by molar-refractivity contribution is 6.01. The van der Waals surface area contributed by atoms with Gasteiger partial charge in [0.05, 0.1) is 0 Å². The van der Waals surface area contributed by atoms with Crippen LogP contribution in [-0.4, -0.2) is 31.5 Å². The molecule has 2 rings (SSSR count). The molecule has 1 amide bonds. The summed E-state index contributed by atoms with van der Waals surface area (Å²) in [7, 11) is 0. The molecule has 0 aromatic carbocycles. The zero-order valence-corrected chi connectivity index (χ0v) is 9.51. The van der Waals surface area contributed by atoms with E-state index >= 15 is 0 Å². The van der Waals surface area contributed by atoms with Gasteiger partial charge in [-0.05, 0) is 34.0 Å². The van der Waals surface area contributed by atoms with E-state index in [4.69, 9.17) is 0 Å². The van der Waals surface area contributed by atoms with Gasteiger partial charge in [-0.1, -0.05) is 18.9 Å². The Morgan fingerprint density at radius 1 is 1.47 bits per heavy atom. The highest BCUT2D eigenvalue weighted by Crippen LogP contribution is 2.14. The van der Waals surface area contributed by atoms with Crippen molar-refractivity contribution in [3.8, 4) is 0 Å². The van der Waals surface area contributed by atoms with E-state index in [1.54, 1.807) is 12.3 Å². The van der Waals surface area contributed by atoms with Crippen molar-refractivity contribution in [1.29, 1.82) is 0 Å². The van der Waals surface area contributed by atoms with Crippen molar-refractivity contribution in [3.05, 3.63) is 29.6 Å². The standard InChI is InChI=1S/C10H12N6O/c1-6(2)7-3-4-11-8(5-7)9(17)12-10-13-15-16-14-10/h3-6H,1-2H3,(H2,12,13,14,15,16,17). The van der Waals surface area contributed by atoms with Crippen molar-refractivity contribution in [1.82, 2.24) is 25.6 Å². The molecule has 0 radical (unpaired) electrons. The third-order valence-corrected chi connectivity index (χ3v) is 2.26. The molecule has 7 nitrogen and oxygen atoms in total. The smallest absolute Gasteiger partial charge is 0.276 e. The predicted octanol–water partition coefficient (Wildman–Crippen LogP) is 0.970. The minimum atomic E-state index is -0.342. The van der Waals surface area contributed by atoms with Crippen molar-refractivity contribution in [2.24, 2.45) is 0 Å². The number of carbonyl (C=O) groups excluding carboxylic acids is 1. The molecule has 2 heterocycles. The first-order valence-electron chi connectivity index (χ1n) is 5.18. The van der Waals surface area contributed by atoms with Gasteiger partial charge >= 0.3 is 0 Å². The number of nitrogens with one attached hydrogen (secondary N) is 2. The fourth-order valence-electron chi connectivity index (χ4n) is 1.31. The van der Waals surface area contributed by atoms with Crippen LogP contribution in [0.2, 0.25) is 0 Å². The Labute approximate surface area is 97.7 Å². The molecule has 2 N–H and O–H groups in total. The van der Waals surface area contributed by atoms with Crippen LogP contribution in [0.4, 0.5) is 5.95 Å². The number of hydrogen-bond acceptors (Lipinski definition) is 5. The van der Waals surface area contributed by atoms with Crippen molar-refractivity contribution in [2.45, 2.75) is 19.8 Å². The summed E-state index contributed by atoms with van der Waals surface area (Å²) >= 11 is 0. The lowest BCUT2D eigenvalue weighted by Crippen LogP contribution is -2.15. The van der Waals surface area contributed by atoms with Crippen LogP contribution in [0.3, 0.4) is 0 Å². The molecule has 0 bridgehead atoms. The largest absolute Gasteiger partial charge is 0.288 e. The number of nitrogens with zero attached hydrogens (tertiary/aromatic N) is 4. The lowest BCUT2D eigenvalue weighted by Gasteiger charge is -2.06. The number of anilines is 1. The molecule has 0 aliphatic heterocycles. The van der Waals surface area contributed by atoms with E-state index in [0.29, 0.717) is 11.6 Å². The Hall–Kier alpha value is -2.31. The van der Waals surface area contributed by atoms with E-state index in [2.05, 4.69) is 44.8 Å². The van der Waals surface area contributed by atoms with Crippen molar-refractivity contribution in [2.75, 3.05) is 5.32 Å². The van der Waals surface area contributed by atoms with E-state index in [0.717, 1.165) is 5.56 Å². The van der Waals surface area contributed by atoms with Crippen LogP contribution >= 0.6 is 0 Å². The van der Waals surface area contributed by atoms with Crippen LogP contribution in [0, 0.1) is 0 Å². The van der Waals surface area contributed by atoms with Gasteiger partial charge in [0.2, 0.25) is 5.95 Å². The Kier molecular flexibility index (Phi) is 3.08. The van der Waals surface area contributed by atoms with Crippen LogP contribution in [0.1, 0.15) is 35.8 Å². The Morgan fingerprint density at radius 3 is 2.94 bits per heavy atom. The van der Waals surface area contributed by atoms with Crippen LogP contribution < -0.4 is 5.32 Å². The first-order valence-corrected chi connectivity index (χ1v) is 5.18. The second-order valence-corrected chi connectivity index (χ2v) is 3.83. The molecule has 2 aromatic rings. The number of tetrazole rings is 1. The summed E-state index contributed by atoms with van der Waals surface area (Å²) in [5.74, 6) is 0.203. The van der Waals surface area contributed by atoms with E-state index < -0.39 is 0 Å². The fourth-order valence-corrected chi connectivity index (χ4v) is 1.31. The first kappa shape index (κ1) is 11.2. The minimum absolute atomic E-state index is 0.201. The Morgan fingerprint density at radius 2 is 2.29 bits per heavy atom. The second-order valence-electron chi connectivity index (χ2n) is 3.83. The van der Waals surface area contributed by atoms with Gasteiger partial charge in [-0.2, -0.15) is 0 Å². The van der Waals surface area contributed by atoms with Gasteiger partial charge < -0.3 is 0 Å². The van der Waals surface area contributed by atoms with Gasteiger partial charge in [0.1, 0.15) is 5.69 Å². The first-order chi connectivity index (χ1) is 8.16. The van der Waals surface area contributed by atoms with Gasteiger partial charge in [-0.3, -0.25) is 15.1 Å². The van der Waals surface area contributed by atoms with Gasteiger partial charge in [-0.15, -0.1) is 0 Å². The molecule has 2 aromatic heterocycles. The van der Waals surface area contributed by atoms with Crippen molar-refractivity contribution in [3.63, 3.8) is 0 Å². The Balaban J connectivity index is 2.16. The zero-order chi connectivity index (χ0) is 12.3. The number of H-pyrrole nitrogens is 1. The van der Waals surface area contributed by atoms with Gasteiger partial charge in [-0.25, -0.2) is 5.10 Å². The van der Waals surface area contributed by atoms with Crippen LogP contribution in [-0.2, 0) is 0 Å². The molecule has 17 heavy (non-hydrogen) atoms. The molecular formula is C10H12N6O. The normalized spacial score (nSPS) is 10.5. The number of aromatic amines is 1. The third kappa shape index (κ3) is 2.63. The molecule has 0 atom stereocenters. The summed E-state index contributed by atoms with van der Waals surface area (Å²) in [6, 6.07) is 3.64. The number of aromatic nitrogens is 5. The quantitative estimate of drug-likeness (QED) is 0.821. The predicted molar refractivity (Wildman–Crippen MR) is 60.5 cm³/mol. The summed E-state index contributed by atoms with van der Waals surface area (Å²) in [5, 5.41) is 15.2. The van der Waals surface area contributed by atoms with Crippen LogP contribution in [0.15, 0.2) is 18.3 Å². The van der Waals surface area contributed by atoms with E-state index in [1.165, 1.54) is 0 Å². The monoisotopic (exact) mass is 232 g/mol. The summed E-state index contributed by atoms with van der Waals surface area (Å²) in [5.41, 5.74) is 1.40.